The molecule has 0 atom stereocenters. The first-order chi connectivity index (χ1) is 17.6. The van der Waals surface area contributed by atoms with E-state index in [1.54, 1.807) is 4.90 Å². The van der Waals surface area contributed by atoms with Crippen molar-refractivity contribution in [1.29, 1.82) is 0 Å². The number of carbonyl (C=O) groups excluding carboxylic acids is 2. The lowest BCUT2D eigenvalue weighted by Gasteiger charge is -2.14. The molecule has 1 aromatic heterocycles. The van der Waals surface area contributed by atoms with Crippen LogP contribution in [-0.4, -0.2) is 32.1 Å². The number of nitrogens with zero attached hydrogens (tertiary/aromatic N) is 2. The Balaban J connectivity index is 1.32. The maximum atomic E-state index is 13.2. The van der Waals surface area contributed by atoms with E-state index in [4.69, 9.17) is 12.2 Å². The molecule has 36 heavy (non-hydrogen) atoms. The first-order valence-electron chi connectivity index (χ1n) is 11.8. The summed E-state index contributed by atoms with van der Waals surface area (Å²) in [7, 11) is 0. The van der Waals surface area contributed by atoms with Gasteiger partial charge in [-0.25, -0.2) is 0 Å². The van der Waals surface area contributed by atoms with Gasteiger partial charge in [0, 0.05) is 35.8 Å². The van der Waals surface area contributed by atoms with E-state index in [2.05, 4.69) is 17.4 Å². The van der Waals surface area contributed by atoms with Crippen molar-refractivity contribution in [3.8, 4) is 0 Å². The molecule has 5 nitrogen and oxygen atoms in total. The Labute approximate surface area is 219 Å². The molecule has 1 N–H and O–H groups in total. The van der Waals surface area contributed by atoms with E-state index in [1.165, 1.54) is 17.3 Å². The van der Waals surface area contributed by atoms with Crippen LogP contribution in [0.25, 0.3) is 17.0 Å². The zero-order valence-electron chi connectivity index (χ0n) is 19.6. The Morgan fingerprint density at radius 1 is 0.917 bits per heavy atom. The Kier molecular flexibility index (Phi) is 7.30. The lowest BCUT2D eigenvalue weighted by atomic mass is 10.1. The van der Waals surface area contributed by atoms with Gasteiger partial charge in [0.2, 0.25) is 5.91 Å². The lowest BCUT2D eigenvalue weighted by molar-refractivity contribution is -0.122. The van der Waals surface area contributed by atoms with E-state index >= 15 is 0 Å². The minimum atomic E-state index is -0.0710. The van der Waals surface area contributed by atoms with Gasteiger partial charge < -0.3 is 9.88 Å². The van der Waals surface area contributed by atoms with Crippen LogP contribution in [0.2, 0.25) is 0 Å². The van der Waals surface area contributed by atoms with Gasteiger partial charge >= 0.3 is 0 Å². The maximum absolute atomic E-state index is 13.2. The monoisotopic (exact) mass is 511 g/mol. The summed E-state index contributed by atoms with van der Waals surface area (Å²) in [4.78, 5) is 28.1. The van der Waals surface area contributed by atoms with Crippen molar-refractivity contribution in [1.82, 2.24) is 14.8 Å². The highest BCUT2D eigenvalue weighted by molar-refractivity contribution is 8.26. The van der Waals surface area contributed by atoms with Crippen LogP contribution in [0.3, 0.4) is 0 Å². The summed E-state index contributed by atoms with van der Waals surface area (Å²) < 4.78 is 2.50. The minimum absolute atomic E-state index is 0.0709. The maximum Gasteiger partial charge on any atom is 0.266 e. The molecule has 0 saturated carbocycles. The van der Waals surface area contributed by atoms with Crippen LogP contribution in [0.1, 0.15) is 16.7 Å². The number of rotatable bonds is 8. The zero-order valence-corrected chi connectivity index (χ0v) is 21.2. The third-order valence-electron chi connectivity index (χ3n) is 6.09. The van der Waals surface area contributed by atoms with Gasteiger partial charge in [0.25, 0.3) is 5.91 Å². The number of nitrogens with one attached hydrogen (secondary N) is 1. The molecule has 180 valence electrons. The smallest absolute Gasteiger partial charge is 0.266 e. The van der Waals surface area contributed by atoms with Gasteiger partial charge in [-0.3, -0.25) is 14.5 Å². The topological polar surface area (TPSA) is 54.3 Å². The molecule has 0 aliphatic carbocycles. The van der Waals surface area contributed by atoms with Crippen molar-refractivity contribution in [3.05, 3.63) is 113 Å². The molecule has 0 spiro atoms. The summed E-state index contributed by atoms with van der Waals surface area (Å²) >= 11 is 6.85. The van der Waals surface area contributed by atoms with E-state index in [1.807, 2.05) is 89.6 Å². The second-order valence-corrected chi connectivity index (χ2v) is 10.2. The summed E-state index contributed by atoms with van der Waals surface area (Å²) in [6, 6.07) is 27.8. The van der Waals surface area contributed by atoms with Gasteiger partial charge in [-0.1, -0.05) is 103 Å². The molecule has 4 aromatic rings. The van der Waals surface area contributed by atoms with Gasteiger partial charge in [-0.05, 0) is 29.7 Å². The molecular weight excluding hydrogens is 486 g/mol. The molecule has 1 fully saturated rings. The average Bonchev–Trinajstić information content (AvgIpc) is 3.38. The molecule has 1 aliphatic rings. The molecular formula is C29H25N3O2S2. The second-order valence-electron chi connectivity index (χ2n) is 8.56. The fourth-order valence-corrected chi connectivity index (χ4v) is 5.55. The Hall–Kier alpha value is -3.68. The first-order valence-corrected chi connectivity index (χ1v) is 13.0. The number of aromatic nitrogens is 1. The molecule has 7 heteroatoms. The SMILES string of the molecule is O=C(Cn1cc(/C=C2\SC(=S)N(CCc3ccccc3)C2=O)c2ccccc21)NCc1ccccc1. The molecule has 2 heterocycles. The number of amides is 2. The van der Waals surface area contributed by atoms with Crippen LogP contribution in [0.4, 0.5) is 0 Å². The summed E-state index contributed by atoms with van der Waals surface area (Å²) in [5.41, 5.74) is 4.06. The standard InChI is InChI=1S/C29H25N3O2S2/c33-27(30-18-22-11-5-2-6-12-22)20-31-19-23(24-13-7-8-14-25(24)31)17-26-28(34)32(29(35)36-26)16-15-21-9-3-1-4-10-21/h1-14,17,19H,15-16,18,20H2,(H,30,33)/b26-17-. The molecule has 1 aliphatic heterocycles. The van der Waals surface area contributed by atoms with E-state index in [0.717, 1.165) is 28.5 Å². The van der Waals surface area contributed by atoms with Crippen molar-refractivity contribution < 1.29 is 9.59 Å². The molecule has 1 saturated heterocycles. The van der Waals surface area contributed by atoms with Crippen LogP contribution in [-0.2, 0) is 29.1 Å². The van der Waals surface area contributed by atoms with Crippen molar-refractivity contribution in [3.63, 3.8) is 0 Å². The summed E-state index contributed by atoms with van der Waals surface area (Å²) in [6.45, 7) is 1.23. The van der Waals surface area contributed by atoms with E-state index in [9.17, 15) is 9.59 Å². The normalized spacial score (nSPS) is 14.7. The predicted molar refractivity (Wildman–Crippen MR) is 150 cm³/mol. The van der Waals surface area contributed by atoms with Crippen LogP contribution in [0.5, 0.6) is 0 Å². The molecule has 0 unspecified atom stereocenters. The minimum Gasteiger partial charge on any atom is -0.350 e. The third kappa shape index (κ3) is 5.42. The number of fused-ring (bicyclic) bond motifs is 1. The number of para-hydroxylation sites is 1. The fourth-order valence-electron chi connectivity index (χ4n) is 4.25. The second kappa shape index (κ2) is 10.9. The molecule has 5 rings (SSSR count). The summed E-state index contributed by atoms with van der Waals surface area (Å²) in [5.74, 6) is -0.142. The Bertz CT molecular complexity index is 1450. The highest BCUT2D eigenvalue weighted by atomic mass is 32.2. The summed E-state index contributed by atoms with van der Waals surface area (Å²) in [6.07, 6.45) is 4.57. The fraction of sp³-hybridized carbons (Fsp3) is 0.138. The number of thiocarbonyl (C=S) groups is 1. The number of benzene rings is 3. The molecule has 0 bridgehead atoms. The summed E-state index contributed by atoms with van der Waals surface area (Å²) in [5, 5.41) is 3.97. The molecule has 3 aromatic carbocycles. The van der Waals surface area contributed by atoms with E-state index in [-0.39, 0.29) is 18.4 Å². The largest absolute Gasteiger partial charge is 0.350 e. The Morgan fingerprint density at radius 2 is 1.58 bits per heavy atom. The van der Waals surface area contributed by atoms with Crippen molar-refractivity contribution in [2.24, 2.45) is 0 Å². The predicted octanol–water partition coefficient (Wildman–Crippen LogP) is 5.40. The van der Waals surface area contributed by atoms with Crippen LogP contribution in [0, 0.1) is 0 Å². The van der Waals surface area contributed by atoms with E-state index in [0.29, 0.717) is 22.3 Å². The highest BCUT2D eigenvalue weighted by Gasteiger charge is 2.31. The van der Waals surface area contributed by atoms with Crippen molar-refractivity contribution in [2.45, 2.75) is 19.5 Å². The first kappa shape index (κ1) is 24.0. The average molecular weight is 512 g/mol. The number of hydrogen-bond donors (Lipinski definition) is 1. The lowest BCUT2D eigenvalue weighted by Crippen LogP contribution is -2.30. The van der Waals surface area contributed by atoms with E-state index < -0.39 is 0 Å². The van der Waals surface area contributed by atoms with Crippen LogP contribution >= 0.6 is 24.0 Å². The van der Waals surface area contributed by atoms with Gasteiger partial charge in [0.15, 0.2) is 0 Å². The third-order valence-corrected chi connectivity index (χ3v) is 7.47. The van der Waals surface area contributed by atoms with Gasteiger partial charge in [0.1, 0.15) is 10.9 Å². The number of carbonyl (C=O) groups is 2. The van der Waals surface area contributed by atoms with Crippen molar-refractivity contribution >= 4 is 57.1 Å². The quantitative estimate of drug-likeness (QED) is 0.254. The van der Waals surface area contributed by atoms with Crippen molar-refractivity contribution in [2.75, 3.05) is 6.54 Å². The van der Waals surface area contributed by atoms with Gasteiger partial charge in [0.05, 0.1) is 4.91 Å². The molecule has 0 radical (unpaired) electrons. The number of hydrogen-bond acceptors (Lipinski definition) is 4. The van der Waals surface area contributed by atoms with Crippen LogP contribution in [0.15, 0.2) is 96.0 Å². The molecule has 2 amide bonds. The van der Waals surface area contributed by atoms with Gasteiger partial charge in [-0.15, -0.1) is 0 Å². The Morgan fingerprint density at radius 3 is 2.33 bits per heavy atom. The van der Waals surface area contributed by atoms with Gasteiger partial charge in [-0.2, -0.15) is 0 Å². The number of thioether (sulfide) groups is 1. The van der Waals surface area contributed by atoms with Crippen LogP contribution < -0.4 is 5.32 Å². The zero-order chi connectivity index (χ0) is 24.9. The highest BCUT2D eigenvalue weighted by Crippen LogP contribution is 2.34.